The topological polar surface area (TPSA) is 111 Å². The van der Waals surface area contributed by atoms with E-state index in [4.69, 9.17) is 21.1 Å². The summed E-state index contributed by atoms with van der Waals surface area (Å²) in [6.07, 6.45) is 0.550. The summed E-state index contributed by atoms with van der Waals surface area (Å²) in [5.41, 5.74) is -0.275. The quantitative estimate of drug-likeness (QED) is 0.230. The molecule has 0 atom stereocenters. The van der Waals surface area contributed by atoms with E-state index in [-0.39, 0.29) is 53.5 Å². The van der Waals surface area contributed by atoms with Crippen LogP contribution in [0, 0.1) is 11.6 Å². The Morgan fingerprint density at radius 3 is 2.68 bits per heavy atom. The van der Waals surface area contributed by atoms with Crippen molar-refractivity contribution in [3.05, 3.63) is 46.5 Å². The molecule has 2 aliphatic rings. The van der Waals surface area contributed by atoms with Crippen LogP contribution in [0.4, 0.5) is 26.1 Å². The second-order valence-electron chi connectivity index (χ2n) is 8.45. The Morgan fingerprint density at radius 1 is 1.32 bits per heavy atom. The number of para-hydroxylation sites is 1. The number of aliphatic hydroxyl groups is 1. The highest BCUT2D eigenvalue weighted by Gasteiger charge is 2.37. The van der Waals surface area contributed by atoms with Crippen molar-refractivity contribution in [3.63, 3.8) is 0 Å². The summed E-state index contributed by atoms with van der Waals surface area (Å²) in [5, 5.41) is 14.9. The van der Waals surface area contributed by atoms with Crippen molar-refractivity contribution in [1.29, 1.82) is 0 Å². The van der Waals surface area contributed by atoms with Gasteiger partial charge in [0.15, 0.2) is 23.8 Å². The molecule has 1 N–H and O–H groups in total. The molecule has 1 saturated heterocycles. The number of fused-ring (bicyclic) bond motifs is 1. The van der Waals surface area contributed by atoms with Crippen molar-refractivity contribution in [2.24, 2.45) is 5.10 Å². The summed E-state index contributed by atoms with van der Waals surface area (Å²) in [7, 11) is 1.39. The van der Waals surface area contributed by atoms with Crippen LogP contribution in [0.3, 0.4) is 0 Å². The molecule has 2 aromatic rings. The maximum absolute atomic E-state index is 15.3. The second-order valence-corrected chi connectivity index (χ2v) is 8.85. The Kier molecular flexibility index (Phi) is 8.72. The van der Waals surface area contributed by atoms with Crippen LogP contribution in [-0.4, -0.2) is 86.1 Å². The number of aromatic nitrogens is 1. The molecule has 0 unspecified atom stereocenters. The number of rotatable bonds is 8. The van der Waals surface area contributed by atoms with Crippen LogP contribution >= 0.6 is 11.6 Å². The number of benzene rings is 1. The van der Waals surface area contributed by atoms with Crippen LogP contribution in [0.1, 0.15) is 23.7 Å². The number of amides is 2. The van der Waals surface area contributed by atoms with Crippen LogP contribution in [0.25, 0.3) is 0 Å². The molecule has 0 spiro atoms. The number of hydrogen-bond acceptors (Lipinski definition) is 9. The summed E-state index contributed by atoms with van der Waals surface area (Å²) in [5.74, 6) is -2.51. The highest BCUT2D eigenvalue weighted by atomic mass is 35.5. The summed E-state index contributed by atoms with van der Waals surface area (Å²) in [6, 6.07) is 5.03. The number of hydrogen-bond donors (Lipinski definition) is 1. The van der Waals surface area contributed by atoms with Gasteiger partial charge in [-0.25, -0.2) is 18.8 Å². The van der Waals surface area contributed by atoms with Gasteiger partial charge in [0, 0.05) is 13.6 Å². The minimum absolute atomic E-state index is 0.0122. The number of pyridine rings is 1. The van der Waals surface area contributed by atoms with Gasteiger partial charge < -0.3 is 19.5 Å². The van der Waals surface area contributed by atoms with E-state index in [9.17, 15) is 19.1 Å². The third-order valence-corrected chi connectivity index (χ3v) is 6.32. The highest BCUT2D eigenvalue weighted by Crippen LogP contribution is 2.36. The molecule has 14 heteroatoms. The number of hydrazone groups is 1. The van der Waals surface area contributed by atoms with Gasteiger partial charge in [-0.2, -0.15) is 5.10 Å². The third-order valence-electron chi connectivity index (χ3n) is 6.01. The minimum atomic E-state index is -0.901. The maximum Gasteiger partial charge on any atom is 0.263 e. The molecule has 2 amide bonds. The number of carbonyl (C=O) groups is 2. The van der Waals surface area contributed by atoms with E-state index in [2.05, 4.69) is 10.1 Å². The largest absolute Gasteiger partial charge is 0.388 e. The van der Waals surface area contributed by atoms with Crippen molar-refractivity contribution >= 4 is 47.1 Å². The van der Waals surface area contributed by atoms with Gasteiger partial charge in [0.1, 0.15) is 23.9 Å². The SMILES string of the molecule is CCN(C=O)/C(CO)=N\N(C)c1nc2c(cc1F)C(=O)N(c1c(F)cccc1Cl)CN2CC1OCCCO1. The number of nitrogens with zero attached hydrogens (tertiary/aromatic N) is 6. The fourth-order valence-corrected chi connectivity index (χ4v) is 4.41. The normalized spacial score (nSPS) is 16.5. The molecule has 1 fully saturated rings. The Bertz CT molecular complexity index is 1210. The van der Waals surface area contributed by atoms with E-state index in [1.807, 2.05) is 0 Å². The molecule has 0 radical (unpaired) electrons. The number of likely N-dealkylation sites (N-methyl/N-ethyl adjacent to an activating group) is 1. The van der Waals surface area contributed by atoms with Crippen LogP contribution in [0.2, 0.25) is 5.02 Å². The number of aliphatic hydroxyl groups excluding tert-OH is 1. The molecule has 0 bridgehead atoms. The van der Waals surface area contributed by atoms with Gasteiger partial charge in [0.25, 0.3) is 5.91 Å². The maximum atomic E-state index is 15.3. The molecule has 4 rings (SSSR count). The summed E-state index contributed by atoms with van der Waals surface area (Å²) in [6.45, 7) is 2.21. The van der Waals surface area contributed by atoms with Crippen LogP contribution < -0.4 is 14.8 Å². The Morgan fingerprint density at radius 2 is 2.05 bits per heavy atom. The lowest BCUT2D eigenvalue weighted by Crippen LogP contribution is -2.51. The van der Waals surface area contributed by atoms with Gasteiger partial charge in [-0.15, -0.1) is 0 Å². The Labute approximate surface area is 222 Å². The zero-order valence-electron chi connectivity index (χ0n) is 20.8. The van der Waals surface area contributed by atoms with Crippen molar-refractivity contribution in [2.75, 3.05) is 61.4 Å². The monoisotopic (exact) mass is 552 g/mol. The summed E-state index contributed by atoms with van der Waals surface area (Å²) in [4.78, 5) is 33.0. The molecule has 11 nitrogen and oxygen atoms in total. The van der Waals surface area contributed by atoms with Gasteiger partial charge in [0.05, 0.1) is 37.0 Å². The third kappa shape index (κ3) is 5.55. The summed E-state index contributed by atoms with van der Waals surface area (Å²) >= 11 is 6.24. The summed E-state index contributed by atoms with van der Waals surface area (Å²) < 4.78 is 41.5. The van der Waals surface area contributed by atoms with Gasteiger partial charge in [0.2, 0.25) is 6.41 Å². The average Bonchev–Trinajstić information content (AvgIpc) is 2.91. The Balaban J connectivity index is 1.78. The molecule has 0 saturated carbocycles. The van der Waals surface area contributed by atoms with Gasteiger partial charge >= 0.3 is 0 Å². The molecule has 1 aromatic heterocycles. The zero-order chi connectivity index (χ0) is 27.4. The van der Waals surface area contributed by atoms with E-state index in [0.717, 1.165) is 27.3 Å². The van der Waals surface area contributed by atoms with Crippen molar-refractivity contribution < 1.29 is 33.0 Å². The minimum Gasteiger partial charge on any atom is -0.388 e. The number of anilines is 3. The van der Waals surface area contributed by atoms with Crippen LogP contribution in [0.5, 0.6) is 0 Å². The molecule has 1 aromatic carbocycles. The number of amidine groups is 1. The second kappa shape index (κ2) is 12.0. The lowest BCUT2D eigenvalue weighted by molar-refractivity contribution is -0.172. The number of ether oxygens (including phenoxy) is 2. The van der Waals surface area contributed by atoms with Gasteiger partial charge in [-0.3, -0.25) is 19.4 Å². The van der Waals surface area contributed by atoms with E-state index >= 15 is 4.39 Å². The predicted molar refractivity (Wildman–Crippen MR) is 136 cm³/mol. The van der Waals surface area contributed by atoms with E-state index < -0.39 is 30.4 Å². The molecule has 0 aliphatic carbocycles. The molecular formula is C24H27ClF2N6O5. The van der Waals surface area contributed by atoms with Crippen molar-refractivity contribution in [1.82, 2.24) is 9.88 Å². The number of halogens is 3. The predicted octanol–water partition coefficient (Wildman–Crippen LogP) is 2.42. The van der Waals surface area contributed by atoms with Gasteiger partial charge in [-0.1, -0.05) is 17.7 Å². The zero-order valence-corrected chi connectivity index (χ0v) is 21.6. The first-order valence-electron chi connectivity index (χ1n) is 11.9. The average molecular weight is 553 g/mol. The fourth-order valence-electron chi connectivity index (χ4n) is 4.15. The highest BCUT2D eigenvalue weighted by molar-refractivity contribution is 6.34. The molecule has 3 heterocycles. The fraction of sp³-hybridized carbons (Fsp3) is 0.417. The van der Waals surface area contributed by atoms with E-state index in [0.29, 0.717) is 19.6 Å². The van der Waals surface area contributed by atoms with Crippen molar-refractivity contribution in [2.45, 2.75) is 19.6 Å². The first-order chi connectivity index (χ1) is 18.3. The molecule has 38 heavy (non-hydrogen) atoms. The first-order valence-corrected chi connectivity index (χ1v) is 12.2. The molecule has 204 valence electrons. The molecule has 2 aliphatic heterocycles. The first kappa shape index (κ1) is 27.6. The molecular weight excluding hydrogens is 526 g/mol. The smallest absolute Gasteiger partial charge is 0.263 e. The Hall–Kier alpha value is -3.39. The number of carbonyl (C=O) groups excluding carboxylic acids is 2. The standard InChI is InChI=1S/C24H27ClF2N6O5/c1-3-31(14-35)19(12-34)29-30(2)23-18(27)10-15-22(28-23)32(11-20-37-8-5-9-38-20)13-33(24(15)36)21-16(25)6-4-7-17(21)26/h4,6-7,10,14,20,34H,3,5,8-9,11-13H2,1-2H3/b29-19-. The van der Waals surface area contributed by atoms with Crippen LogP contribution in [-0.2, 0) is 14.3 Å². The lowest BCUT2D eigenvalue weighted by Gasteiger charge is -2.39. The van der Waals surface area contributed by atoms with Crippen molar-refractivity contribution in [3.8, 4) is 0 Å². The van der Waals surface area contributed by atoms with Gasteiger partial charge in [-0.05, 0) is 31.5 Å². The van der Waals surface area contributed by atoms with E-state index in [1.165, 1.54) is 25.2 Å². The van der Waals surface area contributed by atoms with E-state index in [1.54, 1.807) is 11.8 Å². The lowest BCUT2D eigenvalue weighted by atomic mass is 10.1. The van der Waals surface area contributed by atoms with Crippen LogP contribution in [0.15, 0.2) is 29.4 Å².